The molecule has 20 heteroatoms. The van der Waals surface area contributed by atoms with Crippen LogP contribution in [0.3, 0.4) is 0 Å². The lowest BCUT2D eigenvalue weighted by molar-refractivity contribution is -0.142. The number of benzene rings is 2. The van der Waals surface area contributed by atoms with Crippen molar-refractivity contribution >= 4 is 44.2 Å². The Kier molecular flexibility index (Phi) is 8.73. The summed E-state index contributed by atoms with van der Waals surface area (Å²) in [6.45, 7) is 0.169. The summed E-state index contributed by atoms with van der Waals surface area (Å²) in [7, 11) is -2.26. The fourth-order valence-electron chi connectivity index (χ4n) is 7.20. The van der Waals surface area contributed by atoms with E-state index in [9.17, 15) is 40.0 Å². The van der Waals surface area contributed by atoms with Gasteiger partial charge in [-0.2, -0.15) is 32.1 Å². The van der Waals surface area contributed by atoms with Gasteiger partial charge < -0.3 is 10.6 Å². The molecule has 0 aliphatic heterocycles. The molecule has 3 atom stereocenters. The predicted molar refractivity (Wildman–Crippen MR) is 180 cm³/mol. The van der Waals surface area contributed by atoms with E-state index >= 15 is 8.78 Å². The first-order valence-electron chi connectivity index (χ1n) is 16.2. The number of amides is 2. The molecule has 2 aliphatic carbocycles. The smallest absolute Gasteiger partial charge is 0.346 e. The molecule has 284 valence electrons. The highest BCUT2D eigenvalue weighted by molar-refractivity contribution is 7.92. The number of sulfonamides is 1. The molecule has 1 fully saturated rings. The summed E-state index contributed by atoms with van der Waals surface area (Å²) in [6.07, 6.45) is -3.42. The summed E-state index contributed by atoms with van der Waals surface area (Å²) in [4.78, 5) is 30.3. The van der Waals surface area contributed by atoms with Crippen molar-refractivity contribution in [3.63, 3.8) is 0 Å². The number of halogens is 7. The first kappa shape index (κ1) is 36.8. The third kappa shape index (κ3) is 6.85. The van der Waals surface area contributed by atoms with Gasteiger partial charge in [-0.15, -0.1) is 0 Å². The molecule has 0 spiro atoms. The third-order valence-electron chi connectivity index (χ3n) is 9.20. The monoisotopic (exact) mass is 778 g/mol. The standard InChI is InChI=1S/C34H29F7N8O4S/c1-15(50)43-19-11-22(20-5-4-6-21-29(20)48(2)46-32(21)47-54(3,52)53)28(42-13-19)25(9-16-7-17(35)10-18(36)8-16)44-26(51)14-49-31-27(30(45-49)34(39,40)41)23-12-24(23)33(31,37)38/h4-8,10-11,13,23-25H,9,12,14H2,1-3H3,(H,43,50)(H,44,51)(H,46,47)/t23-,24+,25-/m0/s1. The average molecular weight is 779 g/mol. The molecule has 3 aromatic heterocycles. The Bertz CT molecular complexity index is 2460. The lowest BCUT2D eigenvalue weighted by atomic mass is 9.94. The summed E-state index contributed by atoms with van der Waals surface area (Å²) >= 11 is 0. The number of nitrogens with zero attached hydrogens (tertiary/aromatic N) is 5. The highest BCUT2D eigenvalue weighted by atomic mass is 32.2. The Labute approximate surface area is 301 Å². The maximum absolute atomic E-state index is 15.3. The van der Waals surface area contributed by atoms with Gasteiger partial charge in [0.25, 0.3) is 5.92 Å². The number of alkyl halides is 5. The number of carbonyl (C=O) groups is 2. The van der Waals surface area contributed by atoms with Gasteiger partial charge >= 0.3 is 6.18 Å². The molecule has 3 heterocycles. The van der Waals surface area contributed by atoms with E-state index < -0.39 is 86.9 Å². The number of aryl methyl sites for hydroxylation is 1. The topological polar surface area (TPSA) is 153 Å². The fraction of sp³-hybridized carbons (Fsp3) is 0.324. The minimum Gasteiger partial charge on any atom is -0.346 e. The number of pyridine rings is 1. The lowest BCUT2D eigenvalue weighted by Crippen LogP contribution is -2.35. The van der Waals surface area contributed by atoms with Gasteiger partial charge in [0.1, 0.15) is 23.9 Å². The second-order valence-electron chi connectivity index (χ2n) is 13.3. The van der Waals surface area contributed by atoms with Gasteiger partial charge in [-0.05, 0) is 48.6 Å². The van der Waals surface area contributed by atoms with Gasteiger partial charge in [-0.1, -0.05) is 12.1 Å². The number of carbonyl (C=O) groups excluding carboxylic acids is 2. The van der Waals surface area contributed by atoms with Crippen LogP contribution in [0.5, 0.6) is 0 Å². The summed E-state index contributed by atoms with van der Waals surface area (Å²) < 4.78 is 130. The van der Waals surface area contributed by atoms with E-state index in [1.165, 1.54) is 30.9 Å². The Morgan fingerprint density at radius 3 is 2.41 bits per heavy atom. The van der Waals surface area contributed by atoms with Crippen LogP contribution in [0, 0.1) is 17.6 Å². The summed E-state index contributed by atoms with van der Waals surface area (Å²) in [5.74, 6) is -9.55. The number of hydrogen-bond donors (Lipinski definition) is 3. The minimum atomic E-state index is -5.07. The van der Waals surface area contributed by atoms with Crippen molar-refractivity contribution in [1.82, 2.24) is 29.9 Å². The van der Waals surface area contributed by atoms with Gasteiger partial charge in [0.2, 0.25) is 21.8 Å². The van der Waals surface area contributed by atoms with E-state index in [0.717, 1.165) is 18.4 Å². The zero-order chi connectivity index (χ0) is 39.1. The zero-order valence-electron chi connectivity index (χ0n) is 28.4. The van der Waals surface area contributed by atoms with Crippen LogP contribution in [0.1, 0.15) is 53.5 Å². The van der Waals surface area contributed by atoms with Crippen molar-refractivity contribution in [2.24, 2.45) is 13.0 Å². The Morgan fingerprint density at radius 2 is 1.76 bits per heavy atom. The van der Waals surface area contributed by atoms with Crippen molar-refractivity contribution in [2.45, 2.75) is 50.4 Å². The SMILES string of the molecule is CC(=O)Nc1cnc([C@H](Cc2cc(F)cc(F)c2)NC(=O)Cn2nc(C(F)(F)F)c3c2C(F)(F)[C@@H]2C[C@H]32)c(-c2cccc3c(NS(C)(=O)=O)nn(C)c23)c1. The first-order valence-corrected chi connectivity index (χ1v) is 18.1. The van der Waals surface area contributed by atoms with E-state index in [1.54, 1.807) is 18.2 Å². The van der Waals surface area contributed by atoms with Gasteiger partial charge in [0, 0.05) is 48.0 Å². The largest absolute Gasteiger partial charge is 0.435 e. The molecule has 0 saturated heterocycles. The normalized spacial score (nSPS) is 17.9. The van der Waals surface area contributed by atoms with Crippen molar-refractivity contribution in [1.29, 1.82) is 0 Å². The molecule has 0 unspecified atom stereocenters. The predicted octanol–water partition coefficient (Wildman–Crippen LogP) is 5.77. The van der Waals surface area contributed by atoms with Crippen LogP contribution in [0.15, 0.2) is 48.7 Å². The molecule has 0 bridgehead atoms. The highest BCUT2D eigenvalue weighted by Crippen LogP contribution is 2.68. The number of anilines is 2. The van der Waals surface area contributed by atoms with Crippen LogP contribution in [0.4, 0.5) is 42.2 Å². The van der Waals surface area contributed by atoms with Crippen molar-refractivity contribution in [3.8, 4) is 11.1 Å². The van der Waals surface area contributed by atoms with Crippen molar-refractivity contribution in [2.75, 3.05) is 16.3 Å². The van der Waals surface area contributed by atoms with E-state index in [4.69, 9.17) is 0 Å². The van der Waals surface area contributed by atoms with Gasteiger partial charge in [-0.25, -0.2) is 17.2 Å². The third-order valence-corrected chi connectivity index (χ3v) is 9.76. The van der Waals surface area contributed by atoms with Crippen LogP contribution in [-0.4, -0.2) is 51.0 Å². The van der Waals surface area contributed by atoms with E-state index in [0.29, 0.717) is 27.2 Å². The fourth-order valence-corrected chi connectivity index (χ4v) is 7.70. The number of rotatable bonds is 10. The molecule has 3 N–H and O–H groups in total. The molecule has 2 aromatic carbocycles. The number of hydrogen-bond acceptors (Lipinski definition) is 7. The van der Waals surface area contributed by atoms with Crippen LogP contribution < -0.4 is 15.4 Å². The van der Waals surface area contributed by atoms with E-state index in [2.05, 4.69) is 30.5 Å². The molecule has 0 radical (unpaired) electrons. The highest BCUT2D eigenvalue weighted by Gasteiger charge is 2.68. The van der Waals surface area contributed by atoms with Crippen LogP contribution in [0.25, 0.3) is 22.0 Å². The second-order valence-corrected chi connectivity index (χ2v) is 15.1. The van der Waals surface area contributed by atoms with Crippen LogP contribution >= 0.6 is 0 Å². The zero-order valence-corrected chi connectivity index (χ0v) is 29.2. The van der Waals surface area contributed by atoms with Crippen molar-refractivity contribution < 1.29 is 48.7 Å². The minimum absolute atomic E-state index is 0.0147. The summed E-state index contributed by atoms with van der Waals surface area (Å²) in [5.41, 5.74) is -2.03. The maximum atomic E-state index is 15.3. The van der Waals surface area contributed by atoms with Crippen LogP contribution in [0.2, 0.25) is 0 Å². The second kappa shape index (κ2) is 12.8. The molecular weight excluding hydrogens is 749 g/mol. The quantitative estimate of drug-likeness (QED) is 0.152. The molecule has 12 nitrogen and oxygen atoms in total. The van der Waals surface area contributed by atoms with E-state index in [1.807, 2.05) is 0 Å². The summed E-state index contributed by atoms with van der Waals surface area (Å²) in [6, 6.07) is 7.49. The Hall–Kier alpha value is -5.53. The Balaban J connectivity index is 1.35. The summed E-state index contributed by atoms with van der Waals surface area (Å²) in [5, 5.41) is 13.2. The molecule has 54 heavy (non-hydrogen) atoms. The average Bonchev–Trinajstić information content (AvgIpc) is 3.59. The van der Waals surface area contributed by atoms with Gasteiger partial charge in [-0.3, -0.25) is 28.7 Å². The first-order chi connectivity index (χ1) is 25.2. The number of nitrogens with one attached hydrogen (secondary N) is 3. The van der Waals surface area contributed by atoms with Crippen molar-refractivity contribution in [3.05, 3.63) is 88.5 Å². The molecule has 2 amide bonds. The van der Waals surface area contributed by atoms with Gasteiger partial charge in [0.05, 0.1) is 35.4 Å². The molecule has 7 rings (SSSR count). The van der Waals surface area contributed by atoms with E-state index in [-0.39, 0.29) is 41.2 Å². The number of fused-ring (bicyclic) bond motifs is 4. The van der Waals surface area contributed by atoms with Gasteiger partial charge in [0.15, 0.2) is 11.5 Å². The molecular formula is C34H29F7N8O4S. The number of aromatic nitrogens is 5. The molecule has 1 saturated carbocycles. The number of para-hydroxylation sites is 1. The van der Waals surface area contributed by atoms with Crippen LogP contribution in [-0.2, 0) is 51.7 Å². The molecule has 5 aromatic rings. The lowest BCUT2D eigenvalue weighted by Gasteiger charge is -2.23. The maximum Gasteiger partial charge on any atom is 0.435 e. The molecule has 2 aliphatic rings. The Morgan fingerprint density at radius 1 is 1.06 bits per heavy atom.